The molecule has 0 N–H and O–H groups in total. The van der Waals surface area contributed by atoms with Crippen LogP contribution in [0.15, 0.2) is 168 Å². The van der Waals surface area contributed by atoms with Crippen LogP contribution in [-0.2, 0) is 5.41 Å². The Bertz CT molecular complexity index is 2800. The maximum atomic E-state index is 6.65. The minimum atomic E-state index is -0.218. The Hall–Kier alpha value is -6.65. The van der Waals surface area contributed by atoms with E-state index in [1.807, 2.05) is 18.2 Å². The van der Waals surface area contributed by atoms with E-state index in [2.05, 4.69) is 159 Å². The van der Waals surface area contributed by atoms with E-state index in [0.29, 0.717) is 17.5 Å². The molecule has 0 saturated heterocycles. The Morgan fingerprint density at radius 3 is 1.77 bits per heavy atom. The Balaban J connectivity index is 1.18. The fourth-order valence-electron chi connectivity index (χ4n) is 8.15. The largest absolute Gasteiger partial charge is 0.456 e. The van der Waals surface area contributed by atoms with Gasteiger partial charge in [0.2, 0.25) is 0 Å². The third-order valence-electron chi connectivity index (χ3n) is 10.5. The lowest BCUT2D eigenvalue weighted by Crippen LogP contribution is -2.17. The Morgan fingerprint density at radius 2 is 1.02 bits per heavy atom. The smallest absolute Gasteiger partial charge is 0.164 e. The van der Waals surface area contributed by atoms with E-state index in [1.165, 1.54) is 33.4 Å². The minimum Gasteiger partial charge on any atom is -0.456 e. The summed E-state index contributed by atoms with van der Waals surface area (Å²) in [7, 11) is 0. The van der Waals surface area contributed by atoms with E-state index >= 15 is 0 Å². The van der Waals surface area contributed by atoms with Gasteiger partial charge in [0, 0.05) is 38.4 Å². The molecular formula is C48H33N3O. The SMILES string of the molecule is CC1(C)c2ccccc2-c2cccc(-c3nc(-c4ccccc4)nc(-c4ccc5c(c4)oc4ccc(-c6ccccc6)c(-c6ccccc6)c45)n3)c21. The molecule has 0 unspecified atom stereocenters. The summed E-state index contributed by atoms with van der Waals surface area (Å²) in [6, 6.07) is 57.1. The van der Waals surface area contributed by atoms with Gasteiger partial charge >= 0.3 is 0 Å². The molecule has 7 aromatic carbocycles. The maximum absolute atomic E-state index is 6.65. The molecular weight excluding hydrogens is 635 g/mol. The molecule has 1 aliphatic rings. The van der Waals surface area contributed by atoms with Gasteiger partial charge in [-0.15, -0.1) is 0 Å². The molecule has 0 atom stereocenters. The summed E-state index contributed by atoms with van der Waals surface area (Å²) in [5, 5.41) is 2.14. The zero-order valence-electron chi connectivity index (χ0n) is 28.8. The summed E-state index contributed by atoms with van der Waals surface area (Å²) in [6.45, 7) is 4.59. The quantitative estimate of drug-likeness (QED) is 0.183. The molecule has 0 amide bonds. The van der Waals surface area contributed by atoms with Crippen LogP contribution in [0.25, 0.3) is 89.5 Å². The molecule has 1 aliphatic carbocycles. The normalized spacial score (nSPS) is 13.0. The summed E-state index contributed by atoms with van der Waals surface area (Å²) in [4.78, 5) is 15.4. The van der Waals surface area contributed by atoms with Gasteiger partial charge in [-0.3, -0.25) is 0 Å². The third kappa shape index (κ3) is 4.72. The lowest BCUT2D eigenvalue weighted by molar-refractivity contribution is 0.661. The van der Waals surface area contributed by atoms with Gasteiger partial charge in [-0.2, -0.15) is 0 Å². The Labute approximate surface area is 302 Å². The van der Waals surface area contributed by atoms with E-state index in [-0.39, 0.29) is 5.41 Å². The van der Waals surface area contributed by atoms with Gasteiger partial charge in [-0.1, -0.05) is 159 Å². The van der Waals surface area contributed by atoms with E-state index in [4.69, 9.17) is 19.4 Å². The summed E-state index contributed by atoms with van der Waals surface area (Å²) < 4.78 is 6.65. The van der Waals surface area contributed by atoms with Crippen LogP contribution in [-0.4, -0.2) is 15.0 Å². The molecule has 52 heavy (non-hydrogen) atoms. The molecule has 0 spiro atoms. The van der Waals surface area contributed by atoms with E-state index in [9.17, 15) is 0 Å². The average molecular weight is 668 g/mol. The van der Waals surface area contributed by atoms with Gasteiger partial charge in [0.1, 0.15) is 11.2 Å². The lowest BCUT2D eigenvalue weighted by atomic mass is 9.80. The molecule has 4 nitrogen and oxygen atoms in total. The van der Waals surface area contributed by atoms with Crippen LogP contribution in [0.1, 0.15) is 25.0 Å². The van der Waals surface area contributed by atoms with E-state index < -0.39 is 0 Å². The van der Waals surface area contributed by atoms with Crippen molar-refractivity contribution in [3.8, 4) is 67.5 Å². The molecule has 0 aliphatic heterocycles. The monoisotopic (exact) mass is 667 g/mol. The molecule has 0 bridgehead atoms. The number of nitrogens with zero attached hydrogens (tertiary/aromatic N) is 3. The van der Waals surface area contributed by atoms with Crippen LogP contribution >= 0.6 is 0 Å². The van der Waals surface area contributed by atoms with Crippen molar-refractivity contribution in [2.24, 2.45) is 0 Å². The standard InChI is InChI=1S/C48H33N3O/c1-48(2)39-24-13-12-21-35(39)36-22-14-23-38(44(36)48)47-50-45(32-19-10-5-11-20-32)49-46(51-47)33-25-26-37-41(29-33)52-40-28-27-34(30-15-6-3-7-16-30)42(43(37)40)31-17-8-4-9-18-31/h3-29H,1-2H3. The highest BCUT2D eigenvalue weighted by Gasteiger charge is 2.38. The second-order valence-corrected chi connectivity index (χ2v) is 14.0. The Kier molecular flexibility index (Phi) is 6.80. The first kappa shape index (κ1) is 30.2. The van der Waals surface area contributed by atoms with Crippen molar-refractivity contribution in [1.29, 1.82) is 0 Å². The van der Waals surface area contributed by atoms with Crippen LogP contribution < -0.4 is 0 Å². The zero-order chi connectivity index (χ0) is 34.8. The number of furan rings is 1. The van der Waals surface area contributed by atoms with Crippen LogP contribution in [0.3, 0.4) is 0 Å². The second kappa shape index (κ2) is 11.7. The first-order valence-corrected chi connectivity index (χ1v) is 17.7. The molecule has 0 saturated carbocycles. The topological polar surface area (TPSA) is 51.8 Å². The highest BCUT2D eigenvalue weighted by Crippen LogP contribution is 2.52. The van der Waals surface area contributed by atoms with Crippen molar-refractivity contribution in [3.63, 3.8) is 0 Å². The lowest BCUT2D eigenvalue weighted by Gasteiger charge is -2.24. The summed E-state index contributed by atoms with van der Waals surface area (Å²) >= 11 is 0. The van der Waals surface area contributed by atoms with Gasteiger partial charge in [-0.25, -0.2) is 15.0 Å². The van der Waals surface area contributed by atoms with E-state index in [0.717, 1.165) is 49.8 Å². The maximum Gasteiger partial charge on any atom is 0.164 e. The number of benzene rings is 7. The first-order chi connectivity index (χ1) is 25.5. The highest BCUT2D eigenvalue weighted by atomic mass is 16.3. The van der Waals surface area contributed by atoms with Gasteiger partial charge in [0.25, 0.3) is 0 Å². The predicted molar refractivity (Wildman–Crippen MR) is 212 cm³/mol. The zero-order valence-corrected chi connectivity index (χ0v) is 28.8. The molecule has 4 heteroatoms. The summed E-state index contributed by atoms with van der Waals surface area (Å²) in [5.41, 5.74) is 13.9. The molecule has 2 heterocycles. The third-order valence-corrected chi connectivity index (χ3v) is 10.5. The van der Waals surface area contributed by atoms with Crippen LogP contribution in [0, 0.1) is 0 Å². The fourth-order valence-corrected chi connectivity index (χ4v) is 8.15. The summed E-state index contributed by atoms with van der Waals surface area (Å²) in [5.74, 6) is 1.89. The molecule has 246 valence electrons. The van der Waals surface area contributed by atoms with Crippen LogP contribution in [0.2, 0.25) is 0 Å². The first-order valence-electron chi connectivity index (χ1n) is 17.7. The van der Waals surface area contributed by atoms with Crippen molar-refractivity contribution in [3.05, 3.63) is 175 Å². The molecule has 0 fully saturated rings. The number of fused-ring (bicyclic) bond motifs is 6. The summed E-state index contributed by atoms with van der Waals surface area (Å²) in [6.07, 6.45) is 0. The molecule has 9 aromatic rings. The van der Waals surface area contributed by atoms with Crippen molar-refractivity contribution in [1.82, 2.24) is 15.0 Å². The van der Waals surface area contributed by atoms with Crippen LogP contribution in [0.5, 0.6) is 0 Å². The van der Waals surface area contributed by atoms with Gasteiger partial charge < -0.3 is 4.42 Å². The van der Waals surface area contributed by atoms with Crippen molar-refractivity contribution in [2.45, 2.75) is 19.3 Å². The number of hydrogen-bond donors (Lipinski definition) is 0. The predicted octanol–water partition coefficient (Wildman–Crippen LogP) is 12.4. The average Bonchev–Trinajstić information content (AvgIpc) is 3.70. The minimum absolute atomic E-state index is 0.218. The second-order valence-electron chi connectivity index (χ2n) is 14.0. The fraction of sp³-hybridized carbons (Fsp3) is 0.0625. The molecule has 10 rings (SSSR count). The van der Waals surface area contributed by atoms with Crippen molar-refractivity contribution < 1.29 is 4.42 Å². The number of rotatable bonds is 5. The molecule has 2 aromatic heterocycles. The van der Waals surface area contributed by atoms with Gasteiger partial charge in [0.15, 0.2) is 17.5 Å². The number of aromatic nitrogens is 3. The van der Waals surface area contributed by atoms with E-state index in [1.54, 1.807) is 0 Å². The van der Waals surface area contributed by atoms with Gasteiger partial charge in [0.05, 0.1) is 0 Å². The van der Waals surface area contributed by atoms with Crippen molar-refractivity contribution in [2.75, 3.05) is 0 Å². The van der Waals surface area contributed by atoms with Crippen molar-refractivity contribution >= 4 is 21.9 Å². The number of hydrogen-bond acceptors (Lipinski definition) is 4. The molecule has 0 radical (unpaired) electrons. The van der Waals surface area contributed by atoms with Crippen LogP contribution in [0.4, 0.5) is 0 Å². The highest BCUT2D eigenvalue weighted by molar-refractivity contribution is 6.16. The van der Waals surface area contributed by atoms with Gasteiger partial charge in [-0.05, 0) is 57.1 Å². The Morgan fingerprint density at radius 1 is 0.423 bits per heavy atom.